The number of ether oxygens (including phenoxy) is 1. The van der Waals surface area contributed by atoms with E-state index in [0.717, 1.165) is 46.0 Å². The van der Waals surface area contributed by atoms with Crippen LogP contribution in [0.15, 0.2) is 67.0 Å². The molecule has 1 fully saturated rings. The lowest BCUT2D eigenvalue weighted by molar-refractivity contribution is 0.0528. The Morgan fingerprint density at radius 3 is 2.93 bits per heavy atom. The summed E-state index contributed by atoms with van der Waals surface area (Å²) in [7, 11) is 0. The molecule has 2 aromatic heterocycles. The Bertz CT molecular complexity index is 1120. The molecule has 0 amide bonds. The van der Waals surface area contributed by atoms with Crippen LogP contribution in [0.3, 0.4) is 0 Å². The number of rotatable bonds is 7. The van der Waals surface area contributed by atoms with Gasteiger partial charge in [0.05, 0.1) is 12.7 Å². The van der Waals surface area contributed by atoms with Crippen molar-refractivity contribution < 1.29 is 4.74 Å². The van der Waals surface area contributed by atoms with Gasteiger partial charge in [-0.15, -0.1) is 10.2 Å². The zero-order valence-corrected chi connectivity index (χ0v) is 17.3. The van der Waals surface area contributed by atoms with E-state index in [1.807, 2.05) is 36.7 Å². The topological polar surface area (TPSA) is 72.0 Å². The Morgan fingerprint density at radius 1 is 1.07 bits per heavy atom. The number of anilines is 1. The van der Waals surface area contributed by atoms with E-state index in [-0.39, 0.29) is 6.10 Å². The van der Waals surface area contributed by atoms with Gasteiger partial charge in [-0.1, -0.05) is 53.8 Å². The van der Waals surface area contributed by atoms with Gasteiger partial charge in [-0.05, 0) is 29.5 Å². The fraction of sp³-hybridized carbons (Fsp3) is 0.261. The molecular weight excluding hydrogens is 394 g/mol. The third kappa shape index (κ3) is 4.48. The van der Waals surface area contributed by atoms with Crippen molar-refractivity contribution in [2.75, 3.05) is 18.4 Å². The van der Waals surface area contributed by atoms with Crippen molar-refractivity contribution in [3.63, 3.8) is 0 Å². The van der Waals surface area contributed by atoms with E-state index in [2.05, 4.69) is 56.1 Å². The van der Waals surface area contributed by atoms with Crippen molar-refractivity contribution in [3.05, 3.63) is 72.6 Å². The summed E-state index contributed by atoms with van der Waals surface area (Å²) in [6.07, 6.45) is 4.92. The molecule has 0 aliphatic carbocycles. The minimum absolute atomic E-state index is 0.245. The molecular formula is C23H23N5OS. The van der Waals surface area contributed by atoms with Crippen LogP contribution < -0.4 is 10.6 Å². The van der Waals surface area contributed by atoms with Crippen LogP contribution in [0.25, 0.3) is 21.3 Å². The molecule has 7 heteroatoms. The maximum absolute atomic E-state index is 6.05. The third-order valence-corrected chi connectivity index (χ3v) is 6.25. The molecule has 1 saturated heterocycles. The molecule has 6 nitrogen and oxygen atoms in total. The number of hydrogen-bond donors (Lipinski definition) is 2. The summed E-state index contributed by atoms with van der Waals surface area (Å²) in [6.45, 7) is 2.35. The van der Waals surface area contributed by atoms with Crippen molar-refractivity contribution in [2.45, 2.75) is 25.2 Å². The van der Waals surface area contributed by atoms with Crippen LogP contribution in [-0.4, -0.2) is 40.4 Å². The first-order chi connectivity index (χ1) is 14.8. The van der Waals surface area contributed by atoms with Crippen LogP contribution in [0.1, 0.15) is 12.0 Å². The first-order valence-electron chi connectivity index (χ1n) is 10.1. The molecule has 3 heterocycles. The number of nitrogens with one attached hydrogen (secondary N) is 2. The first-order valence-corrected chi connectivity index (χ1v) is 11.0. The second kappa shape index (κ2) is 8.87. The number of fused-ring (bicyclic) bond motifs is 1. The van der Waals surface area contributed by atoms with Gasteiger partial charge in [-0.3, -0.25) is 4.98 Å². The Hall–Kier alpha value is -2.87. The summed E-state index contributed by atoms with van der Waals surface area (Å²) in [4.78, 5) is 4.16. The zero-order valence-electron chi connectivity index (χ0n) is 16.5. The Balaban J connectivity index is 1.13. The molecule has 152 valence electrons. The molecule has 0 spiro atoms. The highest BCUT2D eigenvalue weighted by molar-refractivity contribution is 7.18. The van der Waals surface area contributed by atoms with E-state index in [9.17, 15) is 0 Å². The Labute approximate surface area is 179 Å². The predicted octanol–water partition coefficient (Wildman–Crippen LogP) is 4.11. The Kier molecular flexibility index (Phi) is 5.65. The summed E-state index contributed by atoms with van der Waals surface area (Å²) < 4.78 is 6.05. The van der Waals surface area contributed by atoms with E-state index in [1.54, 1.807) is 11.3 Å². The van der Waals surface area contributed by atoms with E-state index in [4.69, 9.17) is 4.74 Å². The molecule has 0 unspecified atom stereocenters. The van der Waals surface area contributed by atoms with Crippen molar-refractivity contribution in [1.82, 2.24) is 20.5 Å². The van der Waals surface area contributed by atoms with E-state index < -0.39 is 0 Å². The van der Waals surface area contributed by atoms with Gasteiger partial charge >= 0.3 is 0 Å². The van der Waals surface area contributed by atoms with Crippen molar-refractivity contribution >= 4 is 27.2 Å². The summed E-state index contributed by atoms with van der Waals surface area (Å²) in [5.74, 6) is 0. The van der Waals surface area contributed by atoms with Gasteiger partial charge in [0.2, 0.25) is 5.13 Å². The van der Waals surface area contributed by atoms with Gasteiger partial charge in [-0.2, -0.15) is 0 Å². The maximum atomic E-state index is 6.05. The van der Waals surface area contributed by atoms with E-state index in [0.29, 0.717) is 12.6 Å². The summed E-state index contributed by atoms with van der Waals surface area (Å²) in [5.41, 5.74) is 2.29. The second-order valence-corrected chi connectivity index (χ2v) is 8.47. The fourth-order valence-electron chi connectivity index (χ4n) is 3.69. The summed E-state index contributed by atoms with van der Waals surface area (Å²) in [5, 5.41) is 19.7. The minimum atomic E-state index is 0.245. The normalized spacial score (nSPS) is 18.7. The predicted molar refractivity (Wildman–Crippen MR) is 121 cm³/mol. The van der Waals surface area contributed by atoms with Crippen LogP contribution in [0.5, 0.6) is 0 Å². The highest BCUT2D eigenvalue weighted by Crippen LogP contribution is 2.29. The van der Waals surface area contributed by atoms with Gasteiger partial charge in [0.15, 0.2) is 0 Å². The number of pyridine rings is 1. The van der Waals surface area contributed by atoms with Crippen molar-refractivity contribution in [1.29, 1.82) is 0 Å². The maximum Gasteiger partial charge on any atom is 0.206 e. The van der Waals surface area contributed by atoms with Gasteiger partial charge in [0.1, 0.15) is 5.01 Å². The van der Waals surface area contributed by atoms with Crippen LogP contribution in [0.4, 0.5) is 5.13 Å². The molecule has 5 rings (SSSR count). The molecule has 1 aliphatic heterocycles. The average molecular weight is 418 g/mol. The molecule has 0 saturated carbocycles. The SMILES string of the molecule is c1ccc(CO[C@H]2CN[C@H](CNc3nnc(-c4ccc5cnccc5c4)s3)C2)cc1. The van der Waals surface area contributed by atoms with Crippen LogP contribution >= 0.6 is 11.3 Å². The third-order valence-electron chi connectivity index (χ3n) is 5.32. The summed E-state index contributed by atoms with van der Waals surface area (Å²) >= 11 is 1.58. The van der Waals surface area contributed by atoms with Crippen LogP contribution in [0.2, 0.25) is 0 Å². The molecule has 0 bridgehead atoms. The lowest BCUT2D eigenvalue weighted by Crippen LogP contribution is -2.29. The van der Waals surface area contributed by atoms with Crippen molar-refractivity contribution in [2.24, 2.45) is 0 Å². The number of nitrogens with zero attached hydrogens (tertiary/aromatic N) is 3. The van der Waals surface area contributed by atoms with E-state index in [1.165, 1.54) is 5.56 Å². The Morgan fingerprint density at radius 2 is 2.00 bits per heavy atom. The monoisotopic (exact) mass is 417 g/mol. The van der Waals surface area contributed by atoms with Crippen molar-refractivity contribution in [3.8, 4) is 10.6 Å². The van der Waals surface area contributed by atoms with Crippen LogP contribution in [-0.2, 0) is 11.3 Å². The molecule has 4 aromatic rings. The van der Waals surface area contributed by atoms with Gasteiger partial charge in [0.25, 0.3) is 0 Å². The lowest BCUT2D eigenvalue weighted by Gasteiger charge is -2.12. The first kappa shape index (κ1) is 19.1. The van der Waals surface area contributed by atoms with Gasteiger partial charge < -0.3 is 15.4 Å². The lowest BCUT2D eigenvalue weighted by atomic mass is 10.1. The van der Waals surface area contributed by atoms with E-state index >= 15 is 0 Å². The smallest absolute Gasteiger partial charge is 0.206 e. The highest BCUT2D eigenvalue weighted by Gasteiger charge is 2.24. The van der Waals surface area contributed by atoms with Gasteiger partial charge in [0, 0.05) is 42.5 Å². The number of hydrogen-bond acceptors (Lipinski definition) is 7. The second-order valence-electron chi connectivity index (χ2n) is 7.49. The highest BCUT2D eigenvalue weighted by atomic mass is 32.1. The molecule has 1 aliphatic rings. The molecule has 2 N–H and O–H groups in total. The average Bonchev–Trinajstić information content (AvgIpc) is 3.46. The number of benzene rings is 2. The molecule has 0 radical (unpaired) electrons. The quantitative estimate of drug-likeness (QED) is 0.471. The van der Waals surface area contributed by atoms with Gasteiger partial charge in [-0.25, -0.2) is 0 Å². The number of aromatic nitrogens is 3. The molecule has 30 heavy (non-hydrogen) atoms. The van der Waals surface area contributed by atoms with Crippen LogP contribution in [0, 0.1) is 0 Å². The fourth-order valence-corrected chi connectivity index (χ4v) is 4.44. The zero-order chi connectivity index (χ0) is 20.2. The molecule has 2 aromatic carbocycles. The molecule has 2 atom stereocenters. The summed E-state index contributed by atoms with van der Waals surface area (Å²) in [6, 6.07) is 19.0. The minimum Gasteiger partial charge on any atom is -0.372 e. The standard InChI is InChI=1S/C23H23N5OS/c1-2-4-16(5-3-1)15-29-21-11-20(25-14-21)13-26-23-28-27-22(30-23)18-6-7-19-12-24-9-8-17(19)10-18/h1-10,12,20-21,25H,11,13-15H2,(H,26,28)/t20-,21+/m0/s1. The largest absolute Gasteiger partial charge is 0.372 e.